The third kappa shape index (κ3) is 4.69. The van der Waals surface area contributed by atoms with Crippen LogP contribution >= 0.6 is 23.2 Å². The summed E-state index contributed by atoms with van der Waals surface area (Å²) in [7, 11) is -3.63. The van der Waals surface area contributed by atoms with Crippen LogP contribution in [0.4, 0.5) is 0 Å². The number of hydrogen-bond acceptors (Lipinski definition) is 3. The van der Waals surface area contributed by atoms with Crippen LogP contribution in [-0.4, -0.2) is 52.1 Å². The summed E-state index contributed by atoms with van der Waals surface area (Å²) in [5, 5.41) is 0.552. The lowest BCUT2D eigenvalue weighted by molar-refractivity contribution is -0.903. The summed E-state index contributed by atoms with van der Waals surface area (Å²) in [6, 6.07) is 14.2. The maximum absolute atomic E-state index is 12.8. The minimum Gasteiger partial charge on any atom is -0.488 e. The highest BCUT2D eigenvalue weighted by Crippen LogP contribution is 2.27. The number of piperazine rings is 1. The van der Waals surface area contributed by atoms with Gasteiger partial charge in [0.05, 0.1) is 31.2 Å². The minimum atomic E-state index is -3.63. The van der Waals surface area contributed by atoms with Crippen molar-refractivity contribution < 1.29 is 18.1 Å². The molecule has 1 heterocycles. The number of para-hydroxylation sites is 1. The zero-order valence-electron chi connectivity index (χ0n) is 14.2. The Labute approximate surface area is 164 Å². The summed E-state index contributed by atoms with van der Waals surface area (Å²) in [5.41, 5.74) is 0. The van der Waals surface area contributed by atoms with Crippen molar-refractivity contribution in [1.29, 1.82) is 0 Å². The van der Waals surface area contributed by atoms with Crippen LogP contribution < -0.4 is 9.64 Å². The Morgan fingerprint density at radius 1 is 1.04 bits per heavy atom. The zero-order valence-corrected chi connectivity index (χ0v) is 16.5. The molecular formula is C18H21Cl2N2O3S+. The van der Waals surface area contributed by atoms with Gasteiger partial charge in [0.1, 0.15) is 23.8 Å². The third-order valence-corrected chi connectivity index (χ3v) is 7.02. The fraction of sp³-hybridized carbons (Fsp3) is 0.333. The van der Waals surface area contributed by atoms with Crippen LogP contribution in [0.25, 0.3) is 0 Å². The van der Waals surface area contributed by atoms with E-state index in [9.17, 15) is 8.42 Å². The Morgan fingerprint density at radius 3 is 2.42 bits per heavy atom. The van der Waals surface area contributed by atoms with E-state index in [1.165, 1.54) is 21.3 Å². The number of rotatable bonds is 6. The molecule has 140 valence electrons. The number of halogens is 2. The van der Waals surface area contributed by atoms with Crippen molar-refractivity contribution in [2.45, 2.75) is 4.90 Å². The predicted octanol–water partition coefficient (Wildman–Crippen LogP) is 1.96. The summed E-state index contributed by atoms with van der Waals surface area (Å²) in [6.45, 7) is 3.80. The Morgan fingerprint density at radius 2 is 1.73 bits per heavy atom. The second kappa shape index (κ2) is 8.59. The summed E-state index contributed by atoms with van der Waals surface area (Å²) in [4.78, 5) is 1.40. The highest BCUT2D eigenvalue weighted by molar-refractivity contribution is 7.89. The minimum absolute atomic E-state index is 0.0718. The molecule has 1 aliphatic heterocycles. The number of ether oxygens (including phenoxy) is 1. The van der Waals surface area contributed by atoms with Crippen LogP contribution in [-0.2, 0) is 10.0 Å². The van der Waals surface area contributed by atoms with Gasteiger partial charge in [0.15, 0.2) is 0 Å². The molecule has 0 atom stereocenters. The molecule has 0 amide bonds. The van der Waals surface area contributed by atoms with Crippen molar-refractivity contribution >= 4 is 33.2 Å². The van der Waals surface area contributed by atoms with Gasteiger partial charge in [-0.25, -0.2) is 8.42 Å². The average molecular weight is 416 g/mol. The molecule has 5 nitrogen and oxygen atoms in total. The Balaban J connectivity index is 1.53. The zero-order chi connectivity index (χ0) is 18.6. The topological polar surface area (TPSA) is 51.0 Å². The number of benzene rings is 2. The predicted molar refractivity (Wildman–Crippen MR) is 103 cm³/mol. The van der Waals surface area contributed by atoms with Crippen LogP contribution in [0, 0.1) is 0 Å². The lowest BCUT2D eigenvalue weighted by Gasteiger charge is -2.31. The summed E-state index contributed by atoms with van der Waals surface area (Å²) in [6.07, 6.45) is 0. The van der Waals surface area contributed by atoms with Gasteiger partial charge in [-0.05, 0) is 30.3 Å². The second-order valence-corrected chi connectivity index (χ2v) is 8.89. The van der Waals surface area contributed by atoms with E-state index in [1.54, 1.807) is 6.07 Å². The maximum Gasteiger partial charge on any atom is 0.245 e. The van der Waals surface area contributed by atoms with E-state index < -0.39 is 10.0 Å². The van der Waals surface area contributed by atoms with E-state index in [4.69, 9.17) is 27.9 Å². The smallest absolute Gasteiger partial charge is 0.245 e. The van der Waals surface area contributed by atoms with Gasteiger partial charge < -0.3 is 9.64 Å². The van der Waals surface area contributed by atoms with E-state index in [0.717, 1.165) is 25.4 Å². The first-order valence-corrected chi connectivity index (χ1v) is 10.6. The van der Waals surface area contributed by atoms with Crippen molar-refractivity contribution in [3.8, 4) is 5.75 Å². The van der Waals surface area contributed by atoms with Gasteiger partial charge >= 0.3 is 0 Å². The van der Waals surface area contributed by atoms with Gasteiger partial charge in [-0.1, -0.05) is 41.4 Å². The van der Waals surface area contributed by atoms with Crippen LogP contribution in [0.1, 0.15) is 0 Å². The molecule has 26 heavy (non-hydrogen) atoms. The van der Waals surface area contributed by atoms with E-state index in [2.05, 4.69) is 0 Å². The SMILES string of the molecule is O=S(=O)(c1cc(Cl)ccc1Cl)N1CC[NH+](CCOc2ccccc2)CC1. The third-order valence-electron chi connectivity index (χ3n) is 4.41. The highest BCUT2D eigenvalue weighted by atomic mass is 35.5. The number of sulfonamides is 1. The van der Waals surface area contributed by atoms with Crippen LogP contribution in [0.3, 0.4) is 0 Å². The van der Waals surface area contributed by atoms with Gasteiger partial charge in [0.25, 0.3) is 0 Å². The lowest BCUT2D eigenvalue weighted by Crippen LogP contribution is -3.15. The van der Waals surface area contributed by atoms with Crippen LogP contribution in [0.2, 0.25) is 10.0 Å². The maximum atomic E-state index is 12.8. The average Bonchev–Trinajstić information content (AvgIpc) is 2.65. The van der Waals surface area contributed by atoms with Gasteiger partial charge in [-0.2, -0.15) is 4.31 Å². The summed E-state index contributed by atoms with van der Waals surface area (Å²) >= 11 is 12.0. The molecule has 0 radical (unpaired) electrons. The van der Waals surface area contributed by atoms with Crippen molar-refractivity contribution in [3.63, 3.8) is 0 Å². The second-order valence-electron chi connectivity index (χ2n) is 6.14. The van der Waals surface area contributed by atoms with Gasteiger partial charge in [0, 0.05) is 5.02 Å². The first-order valence-electron chi connectivity index (χ1n) is 8.43. The normalized spacial score (nSPS) is 16.5. The van der Waals surface area contributed by atoms with Gasteiger partial charge in [-0.15, -0.1) is 0 Å². The first-order chi connectivity index (χ1) is 12.5. The molecule has 1 N–H and O–H groups in total. The number of quaternary nitrogens is 1. The summed E-state index contributed by atoms with van der Waals surface area (Å²) in [5.74, 6) is 0.851. The molecule has 0 aliphatic carbocycles. The quantitative estimate of drug-likeness (QED) is 0.784. The molecule has 3 rings (SSSR count). The van der Waals surface area contributed by atoms with E-state index in [1.807, 2.05) is 30.3 Å². The molecule has 2 aromatic rings. The van der Waals surface area contributed by atoms with Crippen LogP contribution in [0.15, 0.2) is 53.4 Å². The number of nitrogens with zero attached hydrogens (tertiary/aromatic N) is 1. The van der Waals surface area contributed by atoms with Crippen molar-refractivity contribution in [2.75, 3.05) is 39.3 Å². The van der Waals surface area contributed by atoms with Crippen molar-refractivity contribution in [3.05, 3.63) is 58.6 Å². The molecule has 0 spiro atoms. The molecule has 0 bridgehead atoms. The molecule has 8 heteroatoms. The Hall–Kier alpha value is -1.31. The fourth-order valence-corrected chi connectivity index (χ4v) is 5.12. The molecule has 1 fully saturated rings. The molecule has 0 unspecified atom stereocenters. The van der Waals surface area contributed by atoms with E-state index >= 15 is 0 Å². The van der Waals surface area contributed by atoms with Crippen molar-refractivity contribution in [1.82, 2.24) is 4.31 Å². The van der Waals surface area contributed by atoms with Gasteiger partial charge in [0.2, 0.25) is 10.0 Å². The molecule has 1 saturated heterocycles. The highest BCUT2D eigenvalue weighted by Gasteiger charge is 2.31. The number of nitrogens with one attached hydrogen (secondary N) is 1. The van der Waals surface area contributed by atoms with Crippen LogP contribution in [0.5, 0.6) is 5.75 Å². The molecule has 0 saturated carbocycles. The van der Waals surface area contributed by atoms with E-state index in [-0.39, 0.29) is 9.92 Å². The number of hydrogen-bond donors (Lipinski definition) is 1. The van der Waals surface area contributed by atoms with Crippen molar-refractivity contribution in [2.24, 2.45) is 0 Å². The Bertz CT molecular complexity index is 839. The van der Waals surface area contributed by atoms with Gasteiger partial charge in [-0.3, -0.25) is 0 Å². The molecular weight excluding hydrogens is 395 g/mol. The molecule has 1 aliphatic rings. The first kappa shape index (κ1) is 19.5. The Kier molecular flexibility index (Phi) is 6.42. The standard InChI is InChI=1S/C18H20Cl2N2O3S/c19-15-6-7-17(20)18(14-15)26(23,24)22-10-8-21(9-11-22)12-13-25-16-4-2-1-3-5-16/h1-7,14H,8-13H2/p+1. The molecule has 2 aromatic carbocycles. The van der Waals surface area contributed by atoms with E-state index in [0.29, 0.717) is 24.7 Å². The lowest BCUT2D eigenvalue weighted by atomic mass is 10.3. The molecule has 0 aromatic heterocycles. The summed E-state index contributed by atoms with van der Waals surface area (Å²) < 4.78 is 32.8. The fourth-order valence-electron chi connectivity index (χ4n) is 2.94. The monoisotopic (exact) mass is 415 g/mol. The largest absolute Gasteiger partial charge is 0.488 e.